The molecule has 0 spiro atoms. The normalized spacial score (nSPS) is 19.2. The zero-order valence-corrected chi connectivity index (χ0v) is 26.2. The van der Waals surface area contributed by atoms with Gasteiger partial charge in [0.1, 0.15) is 0 Å². The summed E-state index contributed by atoms with van der Waals surface area (Å²) in [5.41, 5.74) is 11.5. The molecule has 0 saturated carbocycles. The molecule has 0 amide bonds. The number of nitrogens with zero attached hydrogens (tertiary/aromatic N) is 4. The summed E-state index contributed by atoms with van der Waals surface area (Å²) in [6.45, 7) is 0. The van der Waals surface area contributed by atoms with E-state index >= 15 is 0 Å². The summed E-state index contributed by atoms with van der Waals surface area (Å²) in [5.74, 6) is 0.391. The number of anilines is 2. The zero-order chi connectivity index (χ0) is 32.2. The van der Waals surface area contributed by atoms with E-state index in [2.05, 4.69) is 137 Å². The van der Waals surface area contributed by atoms with Crippen LogP contribution in [0.3, 0.4) is 0 Å². The van der Waals surface area contributed by atoms with E-state index in [0.29, 0.717) is 17.0 Å². The first-order valence-corrected chi connectivity index (χ1v) is 16.4. The first-order valence-electron chi connectivity index (χ1n) is 16.4. The van der Waals surface area contributed by atoms with Crippen LogP contribution in [0.2, 0.25) is 0 Å². The molecule has 0 bridgehead atoms. The quantitative estimate of drug-likeness (QED) is 0.199. The summed E-state index contributed by atoms with van der Waals surface area (Å²) in [6.07, 6.45) is 16.5. The first-order chi connectivity index (χ1) is 23.7. The highest BCUT2D eigenvalue weighted by Crippen LogP contribution is 2.48. The fourth-order valence-electron chi connectivity index (χ4n) is 8.06. The number of fused-ring (bicyclic) bond motifs is 6. The molecule has 5 aromatic carbocycles. The zero-order valence-electron chi connectivity index (χ0n) is 26.2. The second kappa shape index (κ2) is 11.2. The highest BCUT2D eigenvalue weighted by Gasteiger charge is 2.37. The van der Waals surface area contributed by atoms with Crippen molar-refractivity contribution in [2.45, 2.75) is 24.3 Å². The molecule has 0 fully saturated rings. The second-order valence-electron chi connectivity index (χ2n) is 12.6. The van der Waals surface area contributed by atoms with Crippen LogP contribution in [0.1, 0.15) is 46.1 Å². The topological polar surface area (TPSA) is 55.8 Å². The van der Waals surface area contributed by atoms with E-state index in [9.17, 15) is 10.5 Å². The Kier molecular flexibility index (Phi) is 6.49. The Bertz CT molecular complexity index is 2470. The summed E-state index contributed by atoms with van der Waals surface area (Å²) >= 11 is 0. The predicted molar refractivity (Wildman–Crippen MR) is 195 cm³/mol. The van der Waals surface area contributed by atoms with E-state index in [-0.39, 0.29) is 12.0 Å². The number of benzene rings is 5. The third kappa shape index (κ3) is 4.20. The van der Waals surface area contributed by atoms with Gasteiger partial charge in [-0.15, -0.1) is 0 Å². The molecule has 48 heavy (non-hydrogen) atoms. The van der Waals surface area contributed by atoms with Crippen molar-refractivity contribution in [3.8, 4) is 17.8 Å². The minimum absolute atomic E-state index is 0.0263. The number of hydrogen-bond donors (Lipinski definition) is 0. The van der Waals surface area contributed by atoms with Crippen LogP contribution in [0.5, 0.6) is 0 Å². The summed E-state index contributed by atoms with van der Waals surface area (Å²) in [5, 5.41) is 22.2. The Morgan fingerprint density at radius 3 is 2.21 bits per heavy atom. The molecule has 1 aromatic heterocycles. The van der Waals surface area contributed by atoms with E-state index in [1.54, 1.807) is 0 Å². The molecule has 6 aromatic rings. The van der Waals surface area contributed by atoms with Gasteiger partial charge in [0.05, 0.1) is 46.0 Å². The van der Waals surface area contributed by atoms with Crippen molar-refractivity contribution in [2.75, 3.05) is 4.90 Å². The van der Waals surface area contributed by atoms with E-state index in [4.69, 9.17) is 0 Å². The standard InChI is InChI=1S/C44H30N4/c45-27-32-9-7-17-41(48-40-16-6-3-13-37(40)44-33(28-46)10-8-18-42(44)48)43(32)31-21-19-29(20-22-31)30-23-25-34(26-24-30)47-38-14-4-1-11-35(38)36-12-2-5-15-39(36)47/h1-21,23-26,31,35,38H,22H2. The van der Waals surface area contributed by atoms with Crippen molar-refractivity contribution in [1.29, 1.82) is 10.5 Å². The molecule has 2 heterocycles. The average Bonchev–Trinajstić information content (AvgIpc) is 3.68. The van der Waals surface area contributed by atoms with Crippen LogP contribution < -0.4 is 4.90 Å². The Morgan fingerprint density at radius 1 is 0.646 bits per heavy atom. The highest BCUT2D eigenvalue weighted by atomic mass is 15.2. The van der Waals surface area contributed by atoms with Gasteiger partial charge in [0, 0.05) is 39.5 Å². The average molecular weight is 615 g/mol. The molecular formula is C44H30N4. The van der Waals surface area contributed by atoms with Crippen molar-refractivity contribution in [3.05, 3.63) is 180 Å². The molecule has 2 aliphatic carbocycles. The van der Waals surface area contributed by atoms with E-state index in [1.807, 2.05) is 36.4 Å². The molecule has 3 unspecified atom stereocenters. The SMILES string of the molecule is N#Cc1cccc(-n2c3ccccc3c3c(C#N)cccc32)c1C1C=CC(c2ccc(N3c4ccccc4C4C=CC=CC43)cc2)=CC1. The number of hydrogen-bond acceptors (Lipinski definition) is 3. The largest absolute Gasteiger partial charge is 0.333 e. The molecular weight excluding hydrogens is 585 g/mol. The molecule has 0 N–H and O–H groups in total. The van der Waals surface area contributed by atoms with Crippen molar-refractivity contribution < 1.29 is 0 Å². The van der Waals surface area contributed by atoms with Gasteiger partial charge in [-0.2, -0.15) is 10.5 Å². The fourth-order valence-corrected chi connectivity index (χ4v) is 8.06. The van der Waals surface area contributed by atoms with Crippen molar-refractivity contribution in [3.63, 3.8) is 0 Å². The summed E-state index contributed by atoms with van der Waals surface area (Å²) in [4.78, 5) is 2.46. The van der Waals surface area contributed by atoms with Gasteiger partial charge >= 0.3 is 0 Å². The van der Waals surface area contributed by atoms with Crippen LogP contribution in [0.25, 0.3) is 33.1 Å². The van der Waals surface area contributed by atoms with E-state index in [0.717, 1.165) is 39.5 Å². The Hall–Kier alpha value is -6.36. The third-order valence-electron chi connectivity index (χ3n) is 10.2. The van der Waals surface area contributed by atoms with Crippen LogP contribution in [-0.2, 0) is 0 Å². The molecule has 226 valence electrons. The van der Waals surface area contributed by atoms with E-state index in [1.165, 1.54) is 28.1 Å². The molecule has 3 aliphatic rings. The molecule has 4 heteroatoms. The van der Waals surface area contributed by atoms with Crippen LogP contribution in [0.4, 0.5) is 11.4 Å². The van der Waals surface area contributed by atoms with Crippen molar-refractivity contribution >= 4 is 38.8 Å². The molecule has 9 rings (SSSR count). The van der Waals surface area contributed by atoms with Crippen LogP contribution in [0.15, 0.2) is 152 Å². The second-order valence-corrected chi connectivity index (χ2v) is 12.6. The van der Waals surface area contributed by atoms with E-state index < -0.39 is 0 Å². The van der Waals surface area contributed by atoms with Crippen LogP contribution >= 0.6 is 0 Å². The molecule has 4 nitrogen and oxygen atoms in total. The first kappa shape index (κ1) is 27.9. The fraction of sp³-hybridized carbons (Fsp3) is 0.0909. The minimum atomic E-state index is 0.0263. The molecule has 0 radical (unpaired) electrons. The minimum Gasteiger partial charge on any atom is -0.333 e. The Balaban J connectivity index is 1.06. The summed E-state index contributed by atoms with van der Waals surface area (Å²) in [7, 11) is 0. The number of allylic oxidation sites excluding steroid dienone is 6. The number of nitriles is 2. The van der Waals surface area contributed by atoms with Gasteiger partial charge in [0.25, 0.3) is 0 Å². The third-order valence-corrected chi connectivity index (χ3v) is 10.2. The maximum atomic E-state index is 10.3. The smallest absolute Gasteiger partial charge is 0.0998 e. The van der Waals surface area contributed by atoms with Crippen LogP contribution in [0, 0.1) is 22.7 Å². The monoisotopic (exact) mass is 614 g/mol. The predicted octanol–water partition coefficient (Wildman–Crippen LogP) is 10.4. The molecule has 0 saturated heterocycles. The number of para-hydroxylation sites is 2. The van der Waals surface area contributed by atoms with Gasteiger partial charge in [0.2, 0.25) is 0 Å². The number of aromatic nitrogens is 1. The lowest BCUT2D eigenvalue weighted by molar-refractivity contribution is 0.745. The van der Waals surface area contributed by atoms with Gasteiger partial charge in [-0.25, -0.2) is 0 Å². The lowest BCUT2D eigenvalue weighted by atomic mass is 9.85. The number of rotatable bonds is 4. The van der Waals surface area contributed by atoms with Gasteiger partial charge in [-0.1, -0.05) is 103 Å². The van der Waals surface area contributed by atoms with Crippen LogP contribution in [-0.4, -0.2) is 10.6 Å². The van der Waals surface area contributed by atoms with Gasteiger partial charge in [-0.3, -0.25) is 0 Å². The van der Waals surface area contributed by atoms with Gasteiger partial charge < -0.3 is 9.47 Å². The van der Waals surface area contributed by atoms with Crippen molar-refractivity contribution in [1.82, 2.24) is 4.57 Å². The lowest BCUT2D eigenvalue weighted by Gasteiger charge is -2.29. The lowest BCUT2D eigenvalue weighted by Crippen LogP contribution is -2.28. The highest BCUT2D eigenvalue weighted by molar-refractivity contribution is 6.12. The molecule has 3 atom stereocenters. The van der Waals surface area contributed by atoms with Gasteiger partial charge in [-0.05, 0) is 71.7 Å². The maximum absolute atomic E-state index is 10.3. The Labute approximate surface area is 279 Å². The molecule has 1 aliphatic heterocycles. The summed E-state index contributed by atoms with van der Waals surface area (Å²) in [6, 6.07) is 42.9. The Morgan fingerprint density at radius 2 is 1.38 bits per heavy atom. The van der Waals surface area contributed by atoms with Crippen molar-refractivity contribution in [2.24, 2.45) is 0 Å². The van der Waals surface area contributed by atoms with Gasteiger partial charge in [0.15, 0.2) is 0 Å². The summed E-state index contributed by atoms with van der Waals surface area (Å²) < 4.78 is 2.23. The maximum Gasteiger partial charge on any atom is 0.0998 e.